The summed E-state index contributed by atoms with van der Waals surface area (Å²) in [6, 6.07) is 13.3. The molecule has 3 heterocycles. The van der Waals surface area contributed by atoms with Gasteiger partial charge in [-0.15, -0.1) is 0 Å². The highest BCUT2D eigenvalue weighted by atomic mass is 15.3. The summed E-state index contributed by atoms with van der Waals surface area (Å²) < 4.78 is 0. The van der Waals surface area contributed by atoms with E-state index in [9.17, 15) is 0 Å². The molecule has 0 N–H and O–H groups in total. The average Bonchev–Trinajstić information content (AvgIpc) is 2.56. The van der Waals surface area contributed by atoms with Gasteiger partial charge in [0.1, 0.15) is 5.82 Å². The Hall–Kier alpha value is -2.82. The first-order valence-corrected chi connectivity index (χ1v) is 6.24. The van der Waals surface area contributed by atoms with E-state index < -0.39 is 0 Å². The van der Waals surface area contributed by atoms with Crippen LogP contribution in [0.3, 0.4) is 0 Å². The van der Waals surface area contributed by atoms with Gasteiger partial charge < -0.3 is 0 Å². The summed E-state index contributed by atoms with van der Waals surface area (Å²) in [5, 5.41) is 0. The van der Waals surface area contributed by atoms with Gasteiger partial charge in [-0.25, -0.2) is 15.0 Å². The van der Waals surface area contributed by atoms with Gasteiger partial charge in [0, 0.05) is 25.6 Å². The normalized spacial score (nSPS) is 10.2. The third-order valence-electron chi connectivity index (χ3n) is 2.86. The minimum absolute atomic E-state index is 0.590. The van der Waals surface area contributed by atoms with Crippen LogP contribution >= 0.6 is 0 Å². The van der Waals surface area contributed by atoms with Crippen molar-refractivity contribution >= 4 is 11.8 Å². The van der Waals surface area contributed by atoms with Crippen LogP contribution in [0, 0.1) is 0 Å². The molecule has 3 rings (SSSR count). The Morgan fingerprint density at radius 1 is 0.750 bits per heavy atom. The van der Waals surface area contributed by atoms with Crippen LogP contribution in [-0.2, 0) is 0 Å². The largest absolute Gasteiger partial charge is 0.298 e. The molecule has 0 unspecified atom stereocenters. The quantitative estimate of drug-likeness (QED) is 0.727. The maximum Gasteiger partial charge on any atom is 0.231 e. The second kappa shape index (κ2) is 5.44. The van der Waals surface area contributed by atoms with Crippen LogP contribution in [0.4, 0.5) is 11.8 Å². The molecule has 3 aromatic heterocycles. The van der Waals surface area contributed by atoms with E-state index in [4.69, 9.17) is 0 Å². The fraction of sp³-hybridized carbons (Fsp3) is 0.0667. The van der Waals surface area contributed by atoms with E-state index in [-0.39, 0.29) is 0 Å². The molecule has 0 fully saturated rings. The number of rotatable bonds is 3. The van der Waals surface area contributed by atoms with Crippen LogP contribution in [-0.4, -0.2) is 27.0 Å². The molecular weight excluding hydrogens is 250 g/mol. The Balaban J connectivity index is 1.96. The number of anilines is 2. The molecular formula is C15H13N5. The Kier molecular flexibility index (Phi) is 3.33. The third-order valence-corrected chi connectivity index (χ3v) is 2.86. The van der Waals surface area contributed by atoms with Gasteiger partial charge >= 0.3 is 0 Å². The molecule has 3 aromatic rings. The van der Waals surface area contributed by atoms with Crippen molar-refractivity contribution in [1.82, 2.24) is 19.9 Å². The number of nitrogens with zero attached hydrogens (tertiary/aromatic N) is 5. The molecule has 0 atom stereocenters. The van der Waals surface area contributed by atoms with Crippen LogP contribution in [0.5, 0.6) is 0 Å². The van der Waals surface area contributed by atoms with Gasteiger partial charge in [0.2, 0.25) is 5.95 Å². The van der Waals surface area contributed by atoms with Crippen LogP contribution in [0.1, 0.15) is 0 Å². The zero-order valence-corrected chi connectivity index (χ0v) is 11.0. The molecule has 0 radical (unpaired) electrons. The summed E-state index contributed by atoms with van der Waals surface area (Å²) in [5.74, 6) is 1.39. The van der Waals surface area contributed by atoms with Crippen molar-refractivity contribution in [1.29, 1.82) is 0 Å². The van der Waals surface area contributed by atoms with Crippen molar-refractivity contribution in [3.8, 4) is 11.4 Å². The minimum Gasteiger partial charge on any atom is -0.298 e. The Morgan fingerprint density at radius 3 is 2.25 bits per heavy atom. The van der Waals surface area contributed by atoms with Crippen molar-refractivity contribution in [2.24, 2.45) is 0 Å². The van der Waals surface area contributed by atoms with Gasteiger partial charge in [-0.05, 0) is 30.3 Å². The molecule has 0 spiro atoms. The van der Waals surface area contributed by atoms with Crippen molar-refractivity contribution in [2.45, 2.75) is 0 Å². The number of pyridine rings is 2. The summed E-state index contributed by atoms with van der Waals surface area (Å²) >= 11 is 0. The Bertz CT molecular complexity index is 685. The van der Waals surface area contributed by atoms with E-state index in [0.29, 0.717) is 5.95 Å². The maximum absolute atomic E-state index is 4.53. The van der Waals surface area contributed by atoms with Crippen LogP contribution < -0.4 is 4.90 Å². The summed E-state index contributed by atoms with van der Waals surface area (Å²) in [4.78, 5) is 19.2. The van der Waals surface area contributed by atoms with Gasteiger partial charge in [0.05, 0.1) is 11.4 Å². The fourth-order valence-corrected chi connectivity index (χ4v) is 1.82. The average molecular weight is 263 g/mol. The van der Waals surface area contributed by atoms with Crippen molar-refractivity contribution in [3.63, 3.8) is 0 Å². The lowest BCUT2D eigenvalue weighted by Crippen LogP contribution is -2.14. The van der Waals surface area contributed by atoms with Crippen molar-refractivity contribution in [3.05, 3.63) is 61.1 Å². The smallest absolute Gasteiger partial charge is 0.231 e. The van der Waals surface area contributed by atoms with Crippen molar-refractivity contribution in [2.75, 3.05) is 11.9 Å². The van der Waals surface area contributed by atoms with Crippen LogP contribution in [0.2, 0.25) is 0 Å². The highest BCUT2D eigenvalue weighted by Crippen LogP contribution is 2.20. The topological polar surface area (TPSA) is 54.8 Å². The second-order valence-corrected chi connectivity index (χ2v) is 4.20. The zero-order valence-electron chi connectivity index (χ0n) is 11.0. The summed E-state index contributed by atoms with van der Waals surface area (Å²) in [6.07, 6.45) is 5.22. The van der Waals surface area contributed by atoms with Crippen LogP contribution in [0.15, 0.2) is 61.1 Å². The maximum atomic E-state index is 4.53. The third kappa shape index (κ3) is 2.47. The Labute approximate surface area is 117 Å². The zero-order chi connectivity index (χ0) is 13.8. The van der Waals surface area contributed by atoms with E-state index in [1.165, 1.54) is 0 Å². The molecule has 20 heavy (non-hydrogen) atoms. The predicted octanol–water partition coefficient (Wildman–Crippen LogP) is 2.70. The van der Waals surface area contributed by atoms with E-state index in [0.717, 1.165) is 17.2 Å². The SMILES string of the molecule is CN(c1ccccn1)c1nccc(-c2ccccn2)n1. The number of hydrogen-bond acceptors (Lipinski definition) is 5. The molecule has 0 aliphatic rings. The Morgan fingerprint density at radius 2 is 1.55 bits per heavy atom. The number of aromatic nitrogens is 4. The molecule has 0 amide bonds. The van der Waals surface area contributed by atoms with E-state index >= 15 is 0 Å². The van der Waals surface area contributed by atoms with Crippen LogP contribution in [0.25, 0.3) is 11.4 Å². The molecule has 98 valence electrons. The standard InChI is InChI=1S/C15H13N5/c1-20(14-7-3-5-10-17-14)15-18-11-8-13(19-15)12-6-2-4-9-16-12/h2-11H,1H3. The molecule has 0 aliphatic heterocycles. The van der Waals surface area contributed by atoms with E-state index in [2.05, 4.69) is 19.9 Å². The van der Waals surface area contributed by atoms with E-state index in [1.807, 2.05) is 54.4 Å². The van der Waals surface area contributed by atoms with Crippen molar-refractivity contribution < 1.29 is 0 Å². The first-order valence-electron chi connectivity index (χ1n) is 6.24. The monoisotopic (exact) mass is 263 g/mol. The van der Waals surface area contributed by atoms with Gasteiger partial charge in [-0.2, -0.15) is 0 Å². The first-order chi connectivity index (χ1) is 9.84. The van der Waals surface area contributed by atoms with Gasteiger partial charge in [-0.1, -0.05) is 12.1 Å². The number of hydrogen-bond donors (Lipinski definition) is 0. The van der Waals surface area contributed by atoms with Gasteiger partial charge in [0.15, 0.2) is 0 Å². The first kappa shape index (κ1) is 12.2. The molecule has 0 bridgehead atoms. The molecule has 0 saturated carbocycles. The highest BCUT2D eigenvalue weighted by molar-refractivity contribution is 5.58. The summed E-state index contributed by atoms with van der Waals surface area (Å²) in [5.41, 5.74) is 1.61. The minimum atomic E-state index is 0.590. The van der Waals surface area contributed by atoms with E-state index in [1.54, 1.807) is 18.6 Å². The fourth-order valence-electron chi connectivity index (χ4n) is 1.82. The van der Waals surface area contributed by atoms with Gasteiger partial charge in [0.25, 0.3) is 0 Å². The lowest BCUT2D eigenvalue weighted by Gasteiger charge is -2.16. The predicted molar refractivity (Wildman–Crippen MR) is 77.6 cm³/mol. The molecule has 5 nitrogen and oxygen atoms in total. The molecule has 0 aliphatic carbocycles. The van der Waals surface area contributed by atoms with Gasteiger partial charge in [-0.3, -0.25) is 9.88 Å². The molecule has 0 aromatic carbocycles. The molecule has 0 saturated heterocycles. The lowest BCUT2D eigenvalue weighted by molar-refractivity contribution is 1.01. The molecule has 5 heteroatoms. The highest BCUT2D eigenvalue weighted by Gasteiger charge is 2.09. The lowest BCUT2D eigenvalue weighted by atomic mass is 10.2. The summed E-state index contributed by atoms with van der Waals surface area (Å²) in [7, 11) is 1.89. The second-order valence-electron chi connectivity index (χ2n) is 4.20. The summed E-state index contributed by atoms with van der Waals surface area (Å²) in [6.45, 7) is 0.